The summed E-state index contributed by atoms with van der Waals surface area (Å²) >= 11 is 0. The lowest BCUT2D eigenvalue weighted by atomic mass is 10.1. The molecule has 0 unspecified atom stereocenters. The number of amides is 2. The Bertz CT molecular complexity index is 627. The number of rotatable bonds is 7. The van der Waals surface area contributed by atoms with Crippen LogP contribution in [0.4, 0.5) is 10.5 Å². The molecule has 0 bridgehead atoms. The Morgan fingerprint density at radius 1 is 1.09 bits per heavy atom. The molecule has 23 heavy (non-hydrogen) atoms. The zero-order valence-corrected chi connectivity index (χ0v) is 13.8. The maximum Gasteiger partial charge on any atom is 0.319 e. The Kier molecular flexibility index (Phi) is 6.48. The van der Waals surface area contributed by atoms with Crippen LogP contribution in [0.3, 0.4) is 0 Å². The quantitative estimate of drug-likeness (QED) is 0.798. The van der Waals surface area contributed by atoms with Gasteiger partial charge in [-0.25, -0.2) is 4.79 Å². The fraction of sp³-hybridized carbons (Fsp3) is 0.316. The van der Waals surface area contributed by atoms with Gasteiger partial charge in [0.1, 0.15) is 12.4 Å². The van der Waals surface area contributed by atoms with E-state index in [-0.39, 0.29) is 6.03 Å². The second-order valence-electron chi connectivity index (χ2n) is 5.41. The minimum absolute atomic E-state index is 0.248. The number of urea groups is 1. The van der Waals surface area contributed by atoms with Crippen LogP contribution in [-0.2, 0) is 13.0 Å². The van der Waals surface area contributed by atoms with Crippen molar-refractivity contribution in [1.82, 2.24) is 5.32 Å². The molecule has 2 rings (SSSR count). The summed E-state index contributed by atoms with van der Waals surface area (Å²) < 4.78 is 5.89. The number of hydrogen-bond donors (Lipinski definition) is 2. The van der Waals surface area contributed by atoms with Crippen molar-refractivity contribution in [1.29, 1.82) is 0 Å². The van der Waals surface area contributed by atoms with Gasteiger partial charge in [-0.2, -0.15) is 0 Å². The van der Waals surface area contributed by atoms with Crippen LogP contribution in [0.25, 0.3) is 0 Å². The predicted molar refractivity (Wildman–Crippen MR) is 93.9 cm³/mol. The summed E-state index contributed by atoms with van der Waals surface area (Å²) in [7, 11) is 1.60. The highest BCUT2D eigenvalue weighted by Crippen LogP contribution is 2.27. The zero-order chi connectivity index (χ0) is 16.5. The van der Waals surface area contributed by atoms with Gasteiger partial charge in [0, 0.05) is 7.05 Å². The van der Waals surface area contributed by atoms with Crippen LogP contribution in [0.15, 0.2) is 48.5 Å². The standard InChI is InChI=1S/C19H24N2O2/c1-3-4-8-15-11-12-18(17(13-15)21-19(22)20-2)23-14-16-9-6-5-7-10-16/h5-7,9-13H,3-4,8,14H2,1-2H3,(H2,20,21,22). The molecule has 0 fully saturated rings. The number of anilines is 1. The van der Waals surface area contributed by atoms with E-state index in [0.717, 1.165) is 24.8 Å². The summed E-state index contributed by atoms with van der Waals surface area (Å²) in [5, 5.41) is 5.41. The van der Waals surface area contributed by atoms with E-state index in [1.165, 1.54) is 5.56 Å². The lowest BCUT2D eigenvalue weighted by Crippen LogP contribution is -2.24. The second kappa shape index (κ2) is 8.83. The molecule has 0 saturated carbocycles. The molecule has 4 heteroatoms. The van der Waals surface area contributed by atoms with Gasteiger partial charge in [-0.05, 0) is 36.1 Å². The van der Waals surface area contributed by atoms with Crippen molar-refractivity contribution in [3.8, 4) is 5.75 Å². The number of nitrogens with one attached hydrogen (secondary N) is 2. The van der Waals surface area contributed by atoms with E-state index < -0.39 is 0 Å². The van der Waals surface area contributed by atoms with Crippen LogP contribution >= 0.6 is 0 Å². The smallest absolute Gasteiger partial charge is 0.319 e. The molecule has 2 N–H and O–H groups in total. The van der Waals surface area contributed by atoms with E-state index in [4.69, 9.17) is 4.74 Å². The van der Waals surface area contributed by atoms with E-state index in [1.54, 1.807) is 7.05 Å². The van der Waals surface area contributed by atoms with Crippen molar-refractivity contribution in [3.05, 3.63) is 59.7 Å². The van der Waals surface area contributed by atoms with Gasteiger partial charge in [-0.15, -0.1) is 0 Å². The van der Waals surface area contributed by atoms with E-state index in [9.17, 15) is 4.79 Å². The van der Waals surface area contributed by atoms with Gasteiger partial charge in [0.25, 0.3) is 0 Å². The lowest BCUT2D eigenvalue weighted by molar-refractivity contribution is 0.253. The first kappa shape index (κ1) is 16.9. The maximum absolute atomic E-state index is 11.7. The highest BCUT2D eigenvalue weighted by atomic mass is 16.5. The normalized spacial score (nSPS) is 10.2. The second-order valence-corrected chi connectivity index (χ2v) is 5.41. The largest absolute Gasteiger partial charge is 0.487 e. The van der Waals surface area contributed by atoms with Gasteiger partial charge in [-0.1, -0.05) is 49.7 Å². The van der Waals surface area contributed by atoms with Crippen molar-refractivity contribution in [2.24, 2.45) is 0 Å². The Labute approximate surface area is 137 Å². The Balaban J connectivity index is 2.13. The monoisotopic (exact) mass is 312 g/mol. The summed E-state index contributed by atoms with van der Waals surface area (Å²) in [6.45, 7) is 2.64. The summed E-state index contributed by atoms with van der Waals surface area (Å²) in [5.74, 6) is 0.678. The van der Waals surface area contributed by atoms with Gasteiger partial charge in [-0.3, -0.25) is 0 Å². The molecule has 2 aromatic carbocycles. The summed E-state index contributed by atoms with van der Waals surface area (Å²) in [5.41, 5.74) is 2.99. The van der Waals surface area contributed by atoms with E-state index in [2.05, 4.69) is 23.6 Å². The molecule has 0 radical (unpaired) electrons. The molecule has 0 aromatic heterocycles. The Hall–Kier alpha value is -2.49. The van der Waals surface area contributed by atoms with Crippen molar-refractivity contribution in [3.63, 3.8) is 0 Å². The number of carbonyl (C=O) groups excluding carboxylic acids is 1. The molecule has 0 heterocycles. The van der Waals surface area contributed by atoms with Crippen LogP contribution in [0.2, 0.25) is 0 Å². The fourth-order valence-corrected chi connectivity index (χ4v) is 2.26. The Morgan fingerprint density at radius 3 is 2.57 bits per heavy atom. The van der Waals surface area contributed by atoms with E-state index in [0.29, 0.717) is 18.0 Å². The van der Waals surface area contributed by atoms with Crippen molar-refractivity contribution < 1.29 is 9.53 Å². The van der Waals surface area contributed by atoms with Crippen LogP contribution in [0, 0.1) is 0 Å². The van der Waals surface area contributed by atoms with Crippen LogP contribution in [0.1, 0.15) is 30.9 Å². The van der Waals surface area contributed by atoms with Crippen molar-refractivity contribution >= 4 is 11.7 Å². The molecule has 0 aliphatic carbocycles. The van der Waals surface area contributed by atoms with Crippen LogP contribution in [0.5, 0.6) is 5.75 Å². The van der Waals surface area contributed by atoms with Gasteiger partial charge in [0.05, 0.1) is 5.69 Å². The number of benzene rings is 2. The minimum Gasteiger partial charge on any atom is -0.487 e. The van der Waals surface area contributed by atoms with Gasteiger partial charge in [0.2, 0.25) is 0 Å². The average Bonchev–Trinajstić information content (AvgIpc) is 2.59. The molecule has 0 aliphatic heterocycles. The number of unbranched alkanes of at least 4 members (excludes halogenated alkanes) is 1. The molecule has 0 saturated heterocycles. The zero-order valence-electron chi connectivity index (χ0n) is 13.8. The summed E-state index contributed by atoms with van der Waals surface area (Å²) in [6, 6.07) is 15.7. The molecule has 0 atom stereocenters. The maximum atomic E-state index is 11.7. The number of aryl methyl sites for hydroxylation is 1. The third-order valence-corrected chi connectivity index (χ3v) is 3.58. The van der Waals surface area contributed by atoms with Crippen molar-refractivity contribution in [2.75, 3.05) is 12.4 Å². The highest BCUT2D eigenvalue weighted by Gasteiger charge is 2.09. The molecule has 4 nitrogen and oxygen atoms in total. The molecule has 2 aromatic rings. The molecule has 122 valence electrons. The number of hydrogen-bond acceptors (Lipinski definition) is 2. The average molecular weight is 312 g/mol. The van der Waals surface area contributed by atoms with Crippen LogP contribution < -0.4 is 15.4 Å². The lowest BCUT2D eigenvalue weighted by Gasteiger charge is -2.14. The highest BCUT2D eigenvalue weighted by molar-refractivity contribution is 5.90. The molecule has 2 amide bonds. The first-order valence-electron chi connectivity index (χ1n) is 8.01. The number of ether oxygens (including phenoxy) is 1. The topological polar surface area (TPSA) is 50.4 Å². The first-order chi connectivity index (χ1) is 11.2. The fourth-order valence-electron chi connectivity index (χ4n) is 2.26. The summed E-state index contributed by atoms with van der Waals surface area (Å²) in [6.07, 6.45) is 3.27. The van der Waals surface area contributed by atoms with Crippen molar-refractivity contribution in [2.45, 2.75) is 32.8 Å². The first-order valence-corrected chi connectivity index (χ1v) is 8.01. The van der Waals surface area contributed by atoms with Crippen LogP contribution in [-0.4, -0.2) is 13.1 Å². The van der Waals surface area contributed by atoms with Gasteiger partial charge >= 0.3 is 6.03 Å². The molecular weight excluding hydrogens is 288 g/mol. The number of carbonyl (C=O) groups is 1. The van der Waals surface area contributed by atoms with E-state index >= 15 is 0 Å². The van der Waals surface area contributed by atoms with E-state index in [1.807, 2.05) is 42.5 Å². The van der Waals surface area contributed by atoms with Gasteiger partial charge < -0.3 is 15.4 Å². The third-order valence-electron chi connectivity index (χ3n) is 3.58. The molecule has 0 aliphatic rings. The SMILES string of the molecule is CCCCc1ccc(OCc2ccccc2)c(NC(=O)NC)c1. The van der Waals surface area contributed by atoms with Gasteiger partial charge in [0.15, 0.2) is 0 Å². The Morgan fingerprint density at radius 2 is 1.87 bits per heavy atom. The summed E-state index contributed by atoms with van der Waals surface area (Å²) in [4.78, 5) is 11.7. The molecule has 0 spiro atoms. The predicted octanol–water partition coefficient (Wildman–Crippen LogP) is 4.36. The minimum atomic E-state index is -0.248. The molecular formula is C19H24N2O2. The third kappa shape index (κ3) is 5.33.